The third-order valence-electron chi connectivity index (χ3n) is 4.73. The topological polar surface area (TPSA) is 32.9 Å². The molecule has 1 aromatic heterocycles. The molecule has 3 rings (SSSR count). The van der Waals surface area contributed by atoms with Gasteiger partial charge in [-0.3, -0.25) is 4.79 Å². The molecule has 1 N–H and O–H groups in total. The van der Waals surface area contributed by atoms with Crippen molar-refractivity contribution in [2.45, 2.75) is 46.0 Å². The normalized spacial score (nSPS) is 17.7. The summed E-state index contributed by atoms with van der Waals surface area (Å²) in [5.41, 5.74) is 1.22. The van der Waals surface area contributed by atoms with Crippen LogP contribution in [0.25, 0.3) is 10.9 Å². The van der Waals surface area contributed by atoms with Gasteiger partial charge in [-0.2, -0.15) is 0 Å². The number of rotatable bonds is 4. The van der Waals surface area contributed by atoms with Crippen LogP contribution in [0.2, 0.25) is 0 Å². The molecule has 0 saturated heterocycles. The molecule has 1 aromatic carbocycles. The van der Waals surface area contributed by atoms with Gasteiger partial charge in [-0.25, -0.2) is 4.39 Å². The van der Waals surface area contributed by atoms with E-state index in [2.05, 4.69) is 18.8 Å². The summed E-state index contributed by atoms with van der Waals surface area (Å²) in [7, 11) is 0. The van der Waals surface area contributed by atoms with Crippen molar-refractivity contribution in [2.24, 2.45) is 11.3 Å². The Hall–Kier alpha value is -1.64. The van der Waals surface area contributed by atoms with Crippen molar-refractivity contribution < 1.29 is 9.18 Å². The molecule has 1 heterocycles. The molecule has 2 nitrogen and oxygen atoms in total. The molecule has 112 valence electrons. The first-order chi connectivity index (χ1) is 10.0. The Morgan fingerprint density at radius 1 is 1.33 bits per heavy atom. The highest BCUT2D eigenvalue weighted by Gasteiger charge is 2.42. The maximum atomic E-state index is 13.3. The summed E-state index contributed by atoms with van der Waals surface area (Å²) in [5, 5.41) is 0.844. The lowest BCUT2D eigenvalue weighted by molar-refractivity contribution is 0.0762. The first kappa shape index (κ1) is 14.3. The van der Waals surface area contributed by atoms with E-state index < -0.39 is 0 Å². The molecular weight excluding hydrogens is 265 g/mol. The van der Waals surface area contributed by atoms with Gasteiger partial charge in [0.15, 0.2) is 5.78 Å². The van der Waals surface area contributed by atoms with Crippen LogP contribution in [-0.2, 0) is 0 Å². The van der Waals surface area contributed by atoms with Gasteiger partial charge in [-0.15, -0.1) is 0 Å². The number of hydrogen-bond acceptors (Lipinski definition) is 1. The lowest BCUT2D eigenvalue weighted by Gasteiger charge is -2.29. The fourth-order valence-electron chi connectivity index (χ4n) is 3.93. The summed E-state index contributed by atoms with van der Waals surface area (Å²) < 4.78 is 13.3. The van der Waals surface area contributed by atoms with E-state index in [1.807, 2.05) is 0 Å². The average molecular weight is 287 g/mol. The molecule has 0 aliphatic heterocycles. The zero-order chi connectivity index (χ0) is 15.0. The Labute approximate surface area is 124 Å². The molecule has 2 aromatic rings. The van der Waals surface area contributed by atoms with Gasteiger partial charge >= 0.3 is 0 Å². The van der Waals surface area contributed by atoms with E-state index in [1.54, 1.807) is 12.3 Å². The minimum atomic E-state index is -0.277. The summed E-state index contributed by atoms with van der Waals surface area (Å²) in [6.45, 7) is 4.36. The van der Waals surface area contributed by atoms with Gasteiger partial charge in [0.2, 0.25) is 0 Å². The van der Waals surface area contributed by atoms with Crippen molar-refractivity contribution in [1.82, 2.24) is 4.98 Å². The summed E-state index contributed by atoms with van der Waals surface area (Å²) in [6.07, 6.45) is 6.94. The molecule has 21 heavy (non-hydrogen) atoms. The minimum absolute atomic E-state index is 0.211. The maximum Gasteiger partial charge on any atom is 0.171 e. The Kier molecular flexibility index (Phi) is 3.60. The van der Waals surface area contributed by atoms with Gasteiger partial charge < -0.3 is 4.98 Å². The monoisotopic (exact) mass is 287 g/mol. The predicted molar refractivity (Wildman–Crippen MR) is 82.9 cm³/mol. The number of aromatic nitrogens is 1. The maximum absolute atomic E-state index is 13.3. The molecular formula is C18H22FNO. The fraction of sp³-hybridized carbons (Fsp3) is 0.500. The van der Waals surface area contributed by atoms with Crippen LogP contribution in [0.4, 0.5) is 4.39 Å². The summed E-state index contributed by atoms with van der Waals surface area (Å²) in [5.74, 6) is 0.474. The number of halogens is 1. The lowest BCUT2D eigenvalue weighted by Crippen LogP contribution is -2.29. The third kappa shape index (κ3) is 2.50. The number of benzene rings is 1. The van der Waals surface area contributed by atoms with Crippen LogP contribution >= 0.6 is 0 Å². The smallest absolute Gasteiger partial charge is 0.171 e. The molecule has 0 unspecified atom stereocenters. The minimum Gasteiger partial charge on any atom is -0.360 e. The zero-order valence-electron chi connectivity index (χ0n) is 12.7. The predicted octanol–water partition coefficient (Wildman–Crippen LogP) is 5.10. The van der Waals surface area contributed by atoms with Crippen LogP contribution < -0.4 is 0 Å². The number of Topliss-reactive ketones (excluding diaryl/α,β-unsaturated/α-hetero) is 1. The molecule has 3 heteroatoms. The third-order valence-corrected chi connectivity index (χ3v) is 4.73. The van der Waals surface area contributed by atoms with Gasteiger partial charge in [0.25, 0.3) is 0 Å². The Bertz CT molecular complexity index is 665. The van der Waals surface area contributed by atoms with Gasteiger partial charge in [-0.1, -0.05) is 26.7 Å². The van der Waals surface area contributed by atoms with Gasteiger partial charge in [0.1, 0.15) is 5.82 Å². The summed E-state index contributed by atoms with van der Waals surface area (Å²) in [6, 6.07) is 4.60. The van der Waals surface area contributed by atoms with Gasteiger partial charge in [0.05, 0.1) is 0 Å². The number of hydrogen-bond donors (Lipinski definition) is 1. The van der Waals surface area contributed by atoms with Crippen LogP contribution in [0.15, 0.2) is 24.4 Å². The molecule has 0 atom stereocenters. The van der Waals surface area contributed by atoms with E-state index in [9.17, 15) is 9.18 Å². The van der Waals surface area contributed by atoms with Crippen molar-refractivity contribution in [3.05, 3.63) is 35.8 Å². The number of carbonyl (C=O) groups excluding carboxylic acids is 1. The van der Waals surface area contributed by atoms with E-state index in [0.29, 0.717) is 11.4 Å². The Morgan fingerprint density at radius 3 is 2.71 bits per heavy atom. The summed E-state index contributed by atoms with van der Waals surface area (Å²) in [4.78, 5) is 16.2. The number of aromatic amines is 1. The molecule has 0 radical (unpaired) electrons. The molecule has 0 spiro atoms. The number of carbonyl (C=O) groups is 1. The highest BCUT2D eigenvalue weighted by atomic mass is 19.1. The first-order valence-electron chi connectivity index (χ1n) is 7.83. The Morgan fingerprint density at radius 2 is 2.05 bits per heavy atom. The van der Waals surface area contributed by atoms with Crippen molar-refractivity contribution in [1.29, 1.82) is 0 Å². The molecule has 1 fully saturated rings. The van der Waals surface area contributed by atoms with Crippen LogP contribution in [0.3, 0.4) is 0 Å². The van der Waals surface area contributed by atoms with Crippen molar-refractivity contribution in [2.75, 3.05) is 0 Å². The number of H-pyrrole nitrogens is 1. The second kappa shape index (κ2) is 5.28. The molecule has 1 aliphatic rings. The van der Waals surface area contributed by atoms with E-state index in [-0.39, 0.29) is 17.0 Å². The van der Waals surface area contributed by atoms with Gasteiger partial charge in [0, 0.05) is 28.1 Å². The van der Waals surface area contributed by atoms with Crippen LogP contribution in [0, 0.1) is 17.2 Å². The largest absolute Gasteiger partial charge is 0.360 e. The zero-order valence-corrected chi connectivity index (χ0v) is 12.7. The quantitative estimate of drug-likeness (QED) is 0.780. The van der Waals surface area contributed by atoms with E-state index in [0.717, 1.165) is 43.1 Å². The molecule has 1 saturated carbocycles. The van der Waals surface area contributed by atoms with Crippen LogP contribution in [-0.4, -0.2) is 10.8 Å². The summed E-state index contributed by atoms with van der Waals surface area (Å²) >= 11 is 0. The second-order valence-corrected chi connectivity index (χ2v) is 6.81. The van der Waals surface area contributed by atoms with E-state index >= 15 is 0 Å². The highest BCUT2D eigenvalue weighted by molar-refractivity contribution is 6.10. The first-order valence-corrected chi connectivity index (χ1v) is 7.83. The molecule has 1 aliphatic carbocycles. The lowest BCUT2D eigenvalue weighted by atomic mass is 9.73. The molecule has 0 amide bonds. The number of fused-ring (bicyclic) bond motifs is 1. The number of nitrogens with one attached hydrogen (secondary N) is 1. The van der Waals surface area contributed by atoms with Crippen LogP contribution in [0.1, 0.15) is 56.3 Å². The fourth-order valence-corrected chi connectivity index (χ4v) is 3.93. The molecule has 0 bridgehead atoms. The van der Waals surface area contributed by atoms with Crippen molar-refractivity contribution in [3.63, 3.8) is 0 Å². The van der Waals surface area contributed by atoms with E-state index in [4.69, 9.17) is 0 Å². The van der Waals surface area contributed by atoms with Crippen molar-refractivity contribution in [3.8, 4) is 0 Å². The SMILES string of the molecule is CC(C)CC1(C(=O)c2c[nH]c3cc(F)ccc23)CCCC1. The average Bonchev–Trinajstić information content (AvgIpc) is 3.04. The van der Waals surface area contributed by atoms with E-state index in [1.165, 1.54) is 12.1 Å². The highest BCUT2D eigenvalue weighted by Crippen LogP contribution is 2.46. The van der Waals surface area contributed by atoms with Gasteiger partial charge in [-0.05, 0) is 43.4 Å². The second-order valence-electron chi connectivity index (χ2n) is 6.81. The standard InChI is InChI=1S/C18H22FNO/c1-12(2)10-18(7-3-4-8-18)17(21)15-11-20-16-9-13(19)5-6-14(15)16/h5-6,9,11-12,20H,3-4,7-8,10H2,1-2H3. The number of ketones is 1. The van der Waals surface area contributed by atoms with Crippen molar-refractivity contribution >= 4 is 16.7 Å². The Balaban J connectivity index is 2.02. The van der Waals surface area contributed by atoms with Crippen LogP contribution in [0.5, 0.6) is 0 Å².